The topological polar surface area (TPSA) is 117 Å². The van der Waals surface area contributed by atoms with Crippen molar-refractivity contribution in [3.63, 3.8) is 0 Å². The number of amides is 2. The van der Waals surface area contributed by atoms with Crippen LogP contribution in [-0.2, 0) is 17.9 Å². The first-order chi connectivity index (χ1) is 15.5. The van der Waals surface area contributed by atoms with E-state index in [4.69, 9.17) is 0 Å². The Balaban J connectivity index is 1.27. The molecule has 1 aromatic carbocycles. The standard InChI is InChI=1S/C22H23N7O3/c1-2-19(30)28-9-10-29-18(12-28)25-26-20(29)14-5-7-27(8-6-14)22(32)15-3-4-16-17(11-15)23-13-24-21(16)31/h2-4,11,13-14H,1,5-10,12H2,(H,23,24,31). The van der Waals surface area contributed by atoms with E-state index in [9.17, 15) is 14.4 Å². The predicted molar refractivity (Wildman–Crippen MR) is 116 cm³/mol. The molecule has 1 N–H and O–H groups in total. The molecule has 164 valence electrons. The third-order valence-corrected chi connectivity index (χ3v) is 6.30. The van der Waals surface area contributed by atoms with Crippen molar-refractivity contribution >= 4 is 22.7 Å². The van der Waals surface area contributed by atoms with Crippen LogP contribution in [0, 0.1) is 0 Å². The van der Waals surface area contributed by atoms with Crippen LogP contribution in [0.4, 0.5) is 0 Å². The second-order valence-electron chi connectivity index (χ2n) is 8.12. The molecule has 32 heavy (non-hydrogen) atoms. The first-order valence-electron chi connectivity index (χ1n) is 10.6. The second-order valence-corrected chi connectivity index (χ2v) is 8.12. The van der Waals surface area contributed by atoms with Crippen molar-refractivity contribution in [1.82, 2.24) is 34.5 Å². The predicted octanol–water partition coefficient (Wildman–Crippen LogP) is 1.06. The maximum Gasteiger partial charge on any atom is 0.258 e. The quantitative estimate of drug-likeness (QED) is 0.618. The van der Waals surface area contributed by atoms with E-state index in [1.165, 1.54) is 12.4 Å². The van der Waals surface area contributed by atoms with Crippen LogP contribution in [0.5, 0.6) is 0 Å². The Morgan fingerprint density at radius 3 is 2.69 bits per heavy atom. The number of benzene rings is 1. The lowest BCUT2D eigenvalue weighted by Gasteiger charge is -2.33. The van der Waals surface area contributed by atoms with Crippen LogP contribution < -0.4 is 5.56 Å². The number of hydrogen-bond acceptors (Lipinski definition) is 6. The molecule has 1 fully saturated rings. The lowest BCUT2D eigenvalue weighted by atomic mass is 9.95. The van der Waals surface area contributed by atoms with Gasteiger partial charge in [0.25, 0.3) is 11.5 Å². The molecule has 10 heteroatoms. The molecular weight excluding hydrogens is 410 g/mol. The largest absolute Gasteiger partial charge is 0.339 e. The Hall–Kier alpha value is -3.82. The first-order valence-corrected chi connectivity index (χ1v) is 10.6. The molecule has 2 amide bonds. The summed E-state index contributed by atoms with van der Waals surface area (Å²) in [6, 6.07) is 4.99. The summed E-state index contributed by atoms with van der Waals surface area (Å²) in [5, 5.41) is 9.19. The zero-order chi connectivity index (χ0) is 22.2. The van der Waals surface area contributed by atoms with Gasteiger partial charge in [-0.15, -0.1) is 10.2 Å². The molecule has 0 radical (unpaired) electrons. The fourth-order valence-corrected chi connectivity index (χ4v) is 4.52. The average Bonchev–Trinajstić information content (AvgIpc) is 3.26. The summed E-state index contributed by atoms with van der Waals surface area (Å²) in [5.74, 6) is 1.79. The van der Waals surface area contributed by atoms with E-state index in [-0.39, 0.29) is 23.3 Å². The summed E-state index contributed by atoms with van der Waals surface area (Å²) in [5.41, 5.74) is 0.817. The molecule has 2 aliphatic rings. The van der Waals surface area contributed by atoms with Gasteiger partial charge in [0.2, 0.25) is 5.91 Å². The van der Waals surface area contributed by atoms with E-state index in [1.807, 2.05) is 4.90 Å². The summed E-state index contributed by atoms with van der Waals surface area (Å²) in [4.78, 5) is 47.0. The minimum Gasteiger partial charge on any atom is -0.339 e. The number of nitrogens with zero attached hydrogens (tertiary/aromatic N) is 6. The monoisotopic (exact) mass is 433 g/mol. The number of aromatic nitrogens is 5. The highest BCUT2D eigenvalue weighted by Gasteiger charge is 2.31. The maximum absolute atomic E-state index is 13.0. The van der Waals surface area contributed by atoms with Crippen molar-refractivity contribution in [2.75, 3.05) is 19.6 Å². The van der Waals surface area contributed by atoms with E-state index in [2.05, 4.69) is 31.3 Å². The zero-order valence-electron chi connectivity index (χ0n) is 17.5. The fourth-order valence-electron chi connectivity index (χ4n) is 4.52. The van der Waals surface area contributed by atoms with Gasteiger partial charge in [-0.25, -0.2) is 4.98 Å². The summed E-state index contributed by atoms with van der Waals surface area (Å²) >= 11 is 0. The molecular formula is C22H23N7O3. The normalized spacial score (nSPS) is 16.8. The smallest absolute Gasteiger partial charge is 0.258 e. The van der Waals surface area contributed by atoms with Crippen LogP contribution in [0.3, 0.4) is 0 Å². The summed E-state index contributed by atoms with van der Waals surface area (Å²) in [6.07, 6.45) is 4.26. The minimum absolute atomic E-state index is 0.0608. The Bertz CT molecular complexity index is 1270. The van der Waals surface area contributed by atoms with Crippen LogP contribution >= 0.6 is 0 Å². The van der Waals surface area contributed by atoms with Crippen molar-refractivity contribution in [2.24, 2.45) is 0 Å². The highest BCUT2D eigenvalue weighted by molar-refractivity contribution is 5.97. The lowest BCUT2D eigenvalue weighted by Crippen LogP contribution is -2.40. The van der Waals surface area contributed by atoms with Crippen molar-refractivity contribution in [3.8, 4) is 0 Å². The molecule has 4 heterocycles. The van der Waals surface area contributed by atoms with Crippen LogP contribution in [-0.4, -0.2) is 66.0 Å². The van der Waals surface area contributed by atoms with Gasteiger partial charge in [0.1, 0.15) is 5.82 Å². The van der Waals surface area contributed by atoms with Crippen LogP contribution in [0.25, 0.3) is 10.9 Å². The number of hydrogen-bond donors (Lipinski definition) is 1. The number of carbonyl (C=O) groups excluding carboxylic acids is 2. The Kier molecular flexibility index (Phi) is 5.04. The molecule has 3 aromatic rings. The van der Waals surface area contributed by atoms with Crippen LogP contribution in [0.2, 0.25) is 0 Å². The van der Waals surface area contributed by atoms with Gasteiger partial charge >= 0.3 is 0 Å². The number of rotatable bonds is 3. The number of aromatic amines is 1. The number of piperidine rings is 1. The third-order valence-electron chi connectivity index (χ3n) is 6.30. The van der Waals surface area contributed by atoms with Crippen LogP contribution in [0.15, 0.2) is 42.0 Å². The van der Waals surface area contributed by atoms with Crippen molar-refractivity contribution < 1.29 is 9.59 Å². The summed E-state index contributed by atoms with van der Waals surface area (Å²) in [6.45, 7) is 6.50. The Labute approximate surface area is 183 Å². The first kappa shape index (κ1) is 20.1. The van der Waals surface area contributed by atoms with Gasteiger partial charge in [0, 0.05) is 37.7 Å². The van der Waals surface area contributed by atoms with Gasteiger partial charge in [-0.2, -0.15) is 0 Å². The SMILES string of the molecule is C=CC(=O)N1CCn2c(nnc2C2CCN(C(=O)c3ccc4c(=O)[nH]cnc4c3)CC2)C1. The molecule has 0 unspecified atom stereocenters. The molecule has 0 atom stereocenters. The van der Waals surface area contributed by atoms with Gasteiger partial charge in [-0.1, -0.05) is 6.58 Å². The zero-order valence-corrected chi connectivity index (χ0v) is 17.5. The van der Waals surface area contributed by atoms with E-state index < -0.39 is 0 Å². The molecule has 1 saturated heterocycles. The van der Waals surface area contributed by atoms with E-state index in [1.54, 1.807) is 23.1 Å². The molecule has 0 bridgehead atoms. The van der Waals surface area contributed by atoms with E-state index >= 15 is 0 Å². The lowest BCUT2D eigenvalue weighted by molar-refractivity contribution is -0.127. The Morgan fingerprint density at radius 1 is 1.09 bits per heavy atom. The fraction of sp³-hybridized carbons (Fsp3) is 0.364. The van der Waals surface area contributed by atoms with Crippen molar-refractivity contribution in [3.05, 3.63) is 64.7 Å². The molecule has 5 rings (SSSR count). The number of fused-ring (bicyclic) bond motifs is 2. The van der Waals surface area contributed by atoms with Crippen LogP contribution in [0.1, 0.15) is 40.8 Å². The summed E-state index contributed by atoms with van der Waals surface area (Å²) in [7, 11) is 0. The Morgan fingerprint density at radius 2 is 1.91 bits per heavy atom. The molecule has 2 aliphatic heterocycles. The summed E-state index contributed by atoms with van der Waals surface area (Å²) < 4.78 is 2.11. The van der Waals surface area contributed by atoms with Gasteiger partial charge in [-0.05, 0) is 37.1 Å². The molecule has 10 nitrogen and oxygen atoms in total. The van der Waals surface area contributed by atoms with Gasteiger partial charge in [0.05, 0.1) is 23.8 Å². The second kappa shape index (κ2) is 8.03. The number of H-pyrrole nitrogens is 1. The number of likely N-dealkylation sites (tertiary alicyclic amines) is 1. The average molecular weight is 433 g/mol. The third kappa shape index (κ3) is 3.47. The van der Waals surface area contributed by atoms with E-state index in [0.29, 0.717) is 49.2 Å². The highest BCUT2D eigenvalue weighted by atomic mass is 16.2. The number of carbonyl (C=O) groups is 2. The molecule has 2 aromatic heterocycles. The molecule has 0 spiro atoms. The van der Waals surface area contributed by atoms with Crippen molar-refractivity contribution in [1.29, 1.82) is 0 Å². The van der Waals surface area contributed by atoms with Gasteiger partial charge in [0.15, 0.2) is 5.82 Å². The van der Waals surface area contributed by atoms with Crippen molar-refractivity contribution in [2.45, 2.75) is 31.8 Å². The van der Waals surface area contributed by atoms with Gasteiger partial charge < -0.3 is 19.4 Å². The van der Waals surface area contributed by atoms with Gasteiger partial charge in [-0.3, -0.25) is 14.4 Å². The maximum atomic E-state index is 13.0. The number of nitrogens with one attached hydrogen (secondary N) is 1. The molecule has 0 aliphatic carbocycles. The minimum atomic E-state index is -0.219. The van der Waals surface area contributed by atoms with E-state index in [0.717, 1.165) is 24.5 Å². The highest BCUT2D eigenvalue weighted by Crippen LogP contribution is 2.29. The molecule has 0 saturated carbocycles.